The molecule has 0 heterocycles. The summed E-state index contributed by atoms with van der Waals surface area (Å²) in [6, 6.07) is 20.7. The van der Waals surface area contributed by atoms with Crippen LogP contribution in [0.4, 0.5) is 0 Å². The molecular weight excluding hydrogens is 312 g/mol. The van der Waals surface area contributed by atoms with Crippen LogP contribution in [-0.4, -0.2) is 0 Å². The van der Waals surface area contributed by atoms with Crippen molar-refractivity contribution in [3.05, 3.63) is 88.5 Å². The fourth-order valence-electron chi connectivity index (χ4n) is 4.74. The summed E-state index contributed by atoms with van der Waals surface area (Å²) in [5, 5.41) is 0. The summed E-state index contributed by atoms with van der Waals surface area (Å²) in [5.41, 5.74) is 12.7. The highest BCUT2D eigenvalue weighted by Crippen LogP contribution is 2.50. The van der Waals surface area contributed by atoms with E-state index in [0.717, 1.165) is 12.8 Å². The first-order valence-corrected chi connectivity index (χ1v) is 9.60. The van der Waals surface area contributed by atoms with E-state index in [1.807, 2.05) is 0 Å². The molecule has 2 aliphatic rings. The van der Waals surface area contributed by atoms with Crippen molar-refractivity contribution in [3.8, 4) is 22.3 Å². The second kappa shape index (κ2) is 5.45. The van der Waals surface area contributed by atoms with Crippen molar-refractivity contribution >= 4 is 6.08 Å². The van der Waals surface area contributed by atoms with E-state index in [0.29, 0.717) is 0 Å². The molecule has 0 unspecified atom stereocenters. The van der Waals surface area contributed by atoms with Gasteiger partial charge in [-0.15, -0.1) is 0 Å². The predicted molar refractivity (Wildman–Crippen MR) is 112 cm³/mol. The van der Waals surface area contributed by atoms with Crippen LogP contribution in [0, 0.1) is 6.92 Å². The van der Waals surface area contributed by atoms with Gasteiger partial charge in [-0.25, -0.2) is 0 Å². The number of hydrogen-bond donors (Lipinski definition) is 0. The van der Waals surface area contributed by atoms with E-state index in [-0.39, 0.29) is 5.41 Å². The number of fused-ring (bicyclic) bond motifs is 4. The van der Waals surface area contributed by atoms with Crippen LogP contribution in [0.1, 0.15) is 48.1 Å². The van der Waals surface area contributed by atoms with E-state index < -0.39 is 0 Å². The Balaban J connectivity index is 1.71. The third-order valence-electron chi connectivity index (χ3n) is 6.20. The van der Waals surface area contributed by atoms with Crippen molar-refractivity contribution in [2.75, 3.05) is 0 Å². The summed E-state index contributed by atoms with van der Waals surface area (Å²) in [5.74, 6) is 0. The molecule has 0 spiro atoms. The molecule has 0 nitrogen and oxygen atoms in total. The zero-order valence-electron chi connectivity index (χ0n) is 15.8. The molecule has 0 aliphatic heterocycles. The van der Waals surface area contributed by atoms with Gasteiger partial charge in [0.05, 0.1) is 0 Å². The van der Waals surface area contributed by atoms with Gasteiger partial charge in [0.25, 0.3) is 0 Å². The fourth-order valence-corrected chi connectivity index (χ4v) is 4.74. The van der Waals surface area contributed by atoms with Gasteiger partial charge in [0.1, 0.15) is 0 Å². The number of aryl methyl sites for hydroxylation is 2. The number of rotatable bonds is 1. The third-order valence-corrected chi connectivity index (χ3v) is 6.20. The standard InChI is InChI=1S/C26H24/c1-17-11-13-22-23-14-12-19(16-25(23)26(2,3)24(22)15-17)21-10-6-8-18-7-4-5-9-20(18)21/h5-6,8-16H,4,7H2,1-3H3. The van der Waals surface area contributed by atoms with Crippen LogP contribution in [0.25, 0.3) is 28.3 Å². The van der Waals surface area contributed by atoms with Crippen LogP contribution in [-0.2, 0) is 11.8 Å². The molecule has 0 aromatic heterocycles. The SMILES string of the molecule is Cc1ccc2c(c1)C(C)(C)c1cc(-c3cccc4c3C=CCC4)ccc1-2. The van der Waals surface area contributed by atoms with Crippen molar-refractivity contribution in [1.29, 1.82) is 0 Å². The van der Waals surface area contributed by atoms with Crippen LogP contribution in [0.3, 0.4) is 0 Å². The second-order valence-corrected chi connectivity index (χ2v) is 8.25. The minimum atomic E-state index is 0.0530. The van der Waals surface area contributed by atoms with Crippen LogP contribution >= 0.6 is 0 Å². The molecule has 0 atom stereocenters. The molecule has 0 bridgehead atoms. The van der Waals surface area contributed by atoms with Gasteiger partial charge in [-0.3, -0.25) is 0 Å². The van der Waals surface area contributed by atoms with Gasteiger partial charge in [-0.2, -0.15) is 0 Å². The third kappa shape index (κ3) is 2.15. The van der Waals surface area contributed by atoms with Gasteiger partial charge in [0.15, 0.2) is 0 Å². The number of allylic oxidation sites excluding steroid dienone is 1. The highest BCUT2D eigenvalue weighted by Gasteiger charge is 2.35. The first-order valence-electron chi connectivity index (χ1n) is 9.60. The van der Waals surface area contributed by atoms with Crippen LogP contribution in [0.2, 0.25) is 0 Å². The Kier molecular flexibility index (Phi) is 3.28. The van der Waals surface area contributed by atoms with Gasteiger partial charge in [0, 0.05) is 5.41 Å². The minimum absolute atomic E-state index is 0.0530. The van der Waals surface area contributed by atoms with E-state index in [2.05, 4.69) is 87.5 Å². The summed E-state index contributed by atoms with van der Waals surface area (Å²) in [6.07, 6.45) is 6.93. The second-order valence-electron chi connectivity index (χ2n) is 8.25. The summed E-state index contributed by atoms with van der Waals surface area (Å²) >= 11 is 0. The summed E-state index contributed by atoms with van der Waals surface area (Å²) in [7, 11) is 0. The Labute approximate surface area is 156 Å². The molecule has 0 heteroatoms. The Morgan fingerprint density at radius 2 is 1.58 bits per heavy atom. The Bertz CT molecular complexity index is 1060. The molecule has 0 radical (unpaired) electrons. The smallest absolute Gasteiger partial charge is 0.0159 e. The van der Waals surface area contributed by atoms with E-state index in [1.54, 1.807) is 0 Å². The lowest BCUT2D eigenvalue weighted by Crippen LogP contribution is -2.15. The van der Waals surface area contributed by atoms with Crippen LogP contribution < -0.4 is 0 Å². The van der Waals surface area contributed by atoms with Gasteiger partial charge in [0.2, 0.25) is 0 Å². The monoisotopic (exact) mass is 336 g/mol. The Morgan fingerprint density at radius 3 is 2.42 bits per heavy atom. The Hall–Kier alpha value is -2.60. The number of benzene rings is 3. The molecule has 5 rings (SSSR count). The zero-order chi connectivity index (χ0) is 17.9. The molecule has 0 N–H and O–H groups in total. The maximum atomic E-state index is 2.43. The highest BCUT2D eigenvalue weighted by atomic mass is 14.4. The van der Waals surface area contributed by atoms with Crippen LogP contribution in [0.15, 0.2) is 60.7 Å². The lowest BCUT2D eigenvalue weighted by molar-refractivity contribution is 0.660. The van der Waals surface area contributed by atoms with E-state index in [9.17, 15) is 0 Å². The lowest BCUT2D eigenvalue weighted by atomic mass is 9.80. The van der Waals surface area contributed by atoms with Crippen molar-refractivity contribution < 1.29 is 0 Å². The molecule has 3 aromatic carbocycles. The topological polar surface area (TPSA) is 0 Å². The molecular formula is C26H24. The normalized spacial score (nSPS) is 16.1. The van der Waals surface area contributed by atoms with Gasteiger partial charge >= 0.3 is 0 Å². The zero-order valence-corrected chi connectivity index (χ0v) is 15.8. The first kappa shape index (κ1) is 15.6. The molecule has 0 amide bonds. The van der Waals surface area contributed by atoms with Crippen molar-refractivity contribution in [1.82, 2.24) is 0 Å². The molecule has 0 fully saturated rings. The lowest BCUT2D eigenvalue weighted by Gasteiger charge is -2.23. The van der Waals surface area contributed by atoms with E-state index in [4.69, 9.17) is 0 Å². The average Bonchev–Trinajstić information content (AvgIpc) is 2.88. The number of hydrogen-bond acceptors (Lipinski definition) is 0. The minimum Gasteiger partial charge on any atom is -0.0836 e. The first-order chi connectivity index (χ1) is 12.6. The predicted octanol–water partition coefficient (Wildman–Crippen LogP) is 6.93. The maximum absolute atomic E-state index is 2.43. The van der Waals surface area contributed by atoms with E-state index >= 15 is 0 Å². The molecule has 2 aliphatic carbocycles. The average molecular weight is 336 g/mol. The van der Waals surface area contributed by atoms with Gasteiger partial charge < -0.3 is 0 Å². The molecule has 3 aromatic rings. The van der Waals surface area contributed by atoms with E-state index in [1.165, 1.54) is 50.1 Å². The maximum Gasteiger partial charge on any atom is 0.0159 e. The highest BCUT2D eigenvalue weighted by molar-refractivity contribution is 5.86. The van der Waals surface area contributed by atoms with Crippen molar-refractivity contribution in [2.45, 2.75) is 39.0 Å². The quantitative estimate of drug-likeness (QED) is 0.452. The van der Waals surface area contributed by atoms with Gasteiger partial charge in [-0.05, 0) is 70.3 Å². The molecule has 0 saturated heterocycles. The molecule has 0 saturated carbocycles. The van der Waals surface area contributed by atoms with Crippen LogP contribution in [0.5, 0.6) is 0 Å². The van der Waals surface area contributed by atoms with Crippen molar-refractivity contribution in [2.24, 2.45) is 0 Å². The Morgan fingerprint density at radius 1 is 0.808 bits per heavy atom. The van der Waals surface area contributed by atoms with Crippen molar-refractivity contribution in [3.63, 3.8) is 0 Å². The molecule has 26 heavy (non-hydrogen) atoms. The summed E-state index contributed by atoms with van der Waals surface area (Å²) < 4.78 is 0. The summed E-state index contributed by atoms with van der Waals surface area (Å²) in [6.45, 7) is 6.91. The summed E-state index contributed by atoms with van der Waals surface area (Å²) in [4.78, 5) is 0. The molecule has 128 valence electrons. The fraction of sp³-hybridized carbons (Fsp3) is 0.231. The largest absolute Gasteiger partial charge is 0.0836 e. The van der Waals surface area contributed by atoms with Gasteiger partial charge in [-0.1, -0.05) is 80.1 Å².